The molecule has 0 spiro atoms. The van der Waals surface area contributed by atoms with Crippen LogP contribution in [-0.4, -0.2) is 79.6 Å². The molecule has 3 aliphatic heterocycles. The molecule has 1 fully saturated rings. The SMILES string of the molecule is CN1C(=O)NC(c2cccs2)C2=C1CN(CCN1CCOCC1)C2=O. The molecule has 7 nitrogen and oxygen atoms in total. The van der Waals surface area contributed by atoms with Gasteiger partial charge in [0.2, 0.25) is 0 Å². The number of thiophene rings is 1. The van der Waals surface area contributed by atoms with Gasteiger partial charge in [-0.25, -0.2) is 4.79 Å². The van der Waals surface area contributed by atoms with Crippen LogP contribution in [0.2, 0.25) is 0 Å². The van der Waals surface area contributed by atoms with Crippen LogP contribution < -0.4 is 5.32 Å². The fourth-order valence-corrected chi connectivity index (χ4v) is 4.34. The summed E-state index contributed by atoms with van der Waals surface area (Å²) in [7, 11) is 1.73. The number of nitrogens with one attached hydrogen (secondary N) is 1. The molecule has 1 unspecified atom stereocenters. The molecule has 0 aliphatic carbocycles. The highest BCUT2D eigenvalue weighted by molar-refractivity contribution is 7.10. The molecule has 4 heterocycles. The van der Waals surface area contributed by atoms with Crippen molar-refractivity contribution in [1.29, 1.82) is 0 Å². The molecule has 0 radical (unpaired) electrons. The predicted octanol–water partition coefficient (Wildman–Crippen LogP) is 0.873. The van der Waals surface area contributed by atoms with E-state index in [1.54, 1.807) is 23.3 Å². The number of urea groups is 1. The molecule has 134 valence electrons. The molecule has 4 rings (SSSR count). The minimum atomic E-state index is -0.334. The molecular formula is C17H22N4O3S. The lowest BCUT2D eigenvalue weighted by molar-refractivity contribution is -0.126. The van der Waals surface area contributed by atoms with E-state index in [4.69, 9.17) is 4.74 Å². The van der Waals surface area contributed by atoms with Crippen LogP contribution in [0, 0.1) is 0 Å². The van der Waals surface area contributed by atoms with Crippen molar-refractivity contribution in [3.8, 4) is 0 Å². The second kappa shape index (κ2) is 6.78. The molecule has 0 aromatic carbocycles. The largest absolute Gasteiger partial charge is 0.379 e. The number of nitrogens with zero attached hydrogens (tertiary/aromatic N) is 3. The van der Waals surface area contributed by atoms with Gasteiger partial charge in [-0.1, -0.05) is 6.07 Å². The molecule has 0 saturated carbocycles. The highest BCUT2D eigenvalue weighted by atomic mass is 32.1. The van der Waals surface area contributed by atoms with Gasteiger partial charge in [-0.05, 0) is 11.4 Å². The predicted molar refractivity (Wildman–Crippen MR) is 94.2 cm³/mol. The van der Waals surface area contributed by atoms with Crippen molar-refractivity contribution in [1.82, 2.24) is 20.0 Å². The van der Waals surface area contributed by atoms with E-state index in [9.17, 15) is 9.59 Å². The van der Waals surface area contributed by atoms with Crippen molar-refractivity contribution in [2.75, 3.05) is 53.0 Å². The van der Waals surface area contributed by atoms with Gasteiger partial charge < -0.3 is 15.0 Å². The number of carbonyl (C=O) groups is 2. The zero-order chi connectivity index (χ0) is 17.4. The smallest absolute Gasteiger partial charge is 0.322 e. The number of carbonyl (C=O) groups excluding carboxylic acids is 2. The number of hydrogen-bond donors (Lipinski definition) is 1. The van der Waals surface area contributed by atoms with Crippen LogP contribution in [0.5, 0.6) is 0 Å². The minimum Gasteiger partial charge on any atom is -0.379 e. The van der Waals surface area contributed by atoms with Gasteiger partial charge in [-0.2, -0.15) is 0 Å². The third-order valence-electron chi connectivity index (χ3n) is 5.05. The molecule has 1 aromatic rings. The fourth-order valence-electron chi connectivity index (χ4n) is 3.56. The zero-order valence-corrected chi connectivity index (χ0v) is 15.1. The van der Waals surface area contributed by atoms with Crippen molar-refractivity contribution < 1.29 is 14.3 Å². The second-order valence-corrected chi connectivity index (χ2v) is 7.48. The van der Waals surface area contributed by atoms with E-state index >= 15 is 0 Å². The van der Waals surface area contributed by atoms with Crippen LogP contribution in [0.4, 0.5) is 4.79 Å². The maximum Gasteiger partial charge on any atom is 0.322 e. The third kappa shape index (κ3) is 3.05. The van der Waals surface area contributed by atoms with E-state index in [0.29, 0.717) is 18.7 Å². The number of likely N-dealkylation sites (N-methyl/N-ethyl adjacent to an activating group) is 1. The first-order valence-electron chi connectivity index (χ1n) is 8.55. The summed E-state index contributed by atoms with van der Waals surface area (Å²) < 4.78 is 5.37. The second-order valence-electron chi connectivity index (χ2n) is 6.50. The first-order chi connectivity index (χ1) is 12.1. The average molecular weight is 362 g/mol. The summed E-state index contributed by atoms with van der Waals surface area (Å²) in [4.78, 5) is 32.1. The maximum atomic E-state index is 13.0. The van der Waals surface area contributed by atoms with Gasteiger partial charge in [0.15, 0.2) is 0 Å². The van der Waals surface area contributed by atoms with Gasteiger partial charge in [-0.3, -0.25) is 14.6 Å². The number of hydrogen-bond acceptors (Lipinski definition) is 5. The Bertz CT molecular complexity index is 697. The van der Waals surface area contributed by atoms with Crippen molar-refractivity contribution in [3.63, 3.8) is 0 Å². The monoisotopic (exact) mass is 362 g/mol. The van der Waals surface area contributed by atoms with Gasteiger partial charge in [-0.15, -0.1) is 11.3 Å². The molecule has 0 bridgehead atoms. The van der Waals surface area contributed by atoms with E-state index in [-0.39, 0.29) is 18.0 Å². The molecule has 3 aliphatic rings. The summed E-state index contributed by atoms with van der Waals surface area (Å²) >= 11 is 1.56. The molecule has 1 atom stereocenters. The molecule has 1 aromatic heterocycles. The van der Waals surface area contributed by atoms with Crippen molar-refractivity contribution in [2.45, 2.75) is 6.04 Å². The lowest BCUT2D eigenvalue weighted by Gasteiger charge is -2.30. The molecule has 25 heavy (non-hydrogen) atoms. The van der Waals surface area contributed by atoms with Gasteiger partial charge in [0.1, 0.15) is 0 Å². The maximum absolute atomic E-state index is 13.0. The van der Waals surface area contributed by atoms with Crippen LogP contribution >= 0.6 is 11.3 Å². The van der Waals surface area contributed by atoms with Crippen LogP contribution in [0.25, 0.3) is 0 Å². The number of rotatable bonds is 4. The van der Waals surface area contributed by atoms with E-state index in [1.807, 2.05) is 22.4 Å². The molecule has 3 amide bonds. The minimum absolute atomic E-state index is 0.0357. The van der Waals surface area contributed by atoms with E-state index in [1.165, 1.54) is 0 Å². The first-order valence-corrected chi connectivity index (χ1v) is 9.43. The summed E-state index contributed by atoms with van der Waals surface area (Å²) in [6, 6.07) is 3.43. The topological polar surface area (TPSA) is 65.1 Å². The van der Waals surface area contributed by atoms with Crippen molar-refractivity contribution in [2.24, 2.45) is 0 Å². The summed E-state index contributed by atoms with van der Waals surface area (Å²) in [6.45, 7) is 5.34. The van der Waals surface area contributed by atoms with Crippen LogP contribution in [0.1, 0.15) is 10.9 Å². The molecule has 1 saturated heterocycles. The van der Waals surface area contributed by atoms with Gasteiger partial charge in [0.25, 0.3) is 5.91 Å². The van der Waals surface area contributed by atoms with Gasteiger partial charge in [0, 0.05) is 38.1 Å². The van der Waals surface area contributed by atoms with E-state index in [2.05, 4.69) is 10.2 Å². The number of ether oxygens (including phenoxy) is 1. The Morgan fingerprint density at radius 2 is 2.08 bits per heavy atom. The molecular weight excluding hydrogens is 340 g/mol. The highest BCUT2D eigenvalue weighted by Gasteiger charge is 2.43. The Hall–Kier alpha value is -1.90. The fraction of sp³-hybridized carbons (Fsp3) is 0.529. The summed E-state index contributed by atoms with van der Waals surface area (Å²) in [5.41, 5.74) is 1.54. The standard InChI is InChI=1S/C17H22N4O3S/c1-19-12-11-21(5-4-20-6-8-24-9-7-20)16(22)14(12)15(18-17(19)23)13-3-2-10-25-13/h2-3,10,15H,4-9,11H2,1H3,(H,18,23). The summed E-state index contributed by atoms with van der Waals surface area (Å²) in [5.74, 6) is 0.0357. The average Bonchev–Trinajstić information content (AvgIpc) is 3.26. The van der Waals surface area contributed by atoms with Crippen molar-refractivity contribution >= 4 is 23.3 Å². The normalized spacial score (nSPS) is 24.8. The van der Waals surface area contributed by atoms with Crippen LogP contribution in [-0.2, 0) is 9.53 Å². The van der Waals surface area contributed by atoms with E-state index in [0.717, 1.165) is 43.4 Å². The highest BCUT2D eigenvalue weighted by Crippen LogP contribution is 2.37. The Kier molecular flexibility index (Phi) is 4.49. The van der Waals surface area contributed by atoms with Gasteiger partial charge >= 0.3 is 6.03 Å². The summed E-state index contributed by atoms with van der Waals surface area (Å²) in [5, 5.41) is 4.93. The van der Waals surface area contributed by atoms with E-state index < -0.39 is 0 Å². The first kappa shape index (κ1) is 16.6. The van der Waals surface area contributed by atoms with Crippen molar-refractivity contribution in [3.05, 3.63) is 33.7 Å². The summed E-state index contributed by atoms with van der Waals surface area (Å²) in [6.07, 6.45) is 0. The Morgan fingerprint density at radius 1 is 1.28 bits per heavy atom. The molecule has 8 heteroatoms. The molecule has 1 N–H and O–H groups in total. The van der Waals surface area contributed by atoms with Crippen LogP contribution in [0.15, 0.2) is 28.8 Å². The Labute approximate surface area is 150 Å². The lowest BCUT2D eigenvalue weighted by atomic mass is 10.0. The van der Waals surface area contributed by atoms with Crippen LogP contribution in [0.3, 0.4) is 0 Å². The lowest BCUT2D eigenvalue weighted by Crippen LogP contribution is -2.45. The quantitative estimate of drug-likeness (QED) is 0.863. The Balaban J connectivity index is 1.51. The Morgan fingerprint density at radius 3 is 2.80 bits per heavy atom. The third-order valence-corrected chi connectivity index (χ3v) is 5.99. The van der Waals surface area contributed by atoms with Gasteiger partial charge in [0.05, 0.1) is 37.1 Å². The number of amides is 3. The number of morpholine rings is 1. The zero-order valence-electron chi connectivity index (χ0n) is 14.2.